The second-order valence-corrected chi connectivity index (χ2v) is 9.60. The Kier molecular flexibility index (Phi) is 5.68. The zero-order valence-electron chi connectivity index (χ0n) is 20.7. The minimum atomic E-state index is -0.0588. The lowest BCUT2D eigenvalue weighted by Gasteiger charge is -2.12. The van der Waals surface area contributed by atoms with E-state index in [0.29, 0.717) is 28.7 Å². The molecule has 36 heavy (non-hydrogen) atoms. The quantitative estimate of drug-likeness (QED) is 0.261. The summed E-state index contributed by atoms with van der Waals surface area (Å²) in [6, 6.07) is 15.9. The fourth-order valence-corrected chi connectivity index (χ4v) is 5.02. The fraction of sp³-hybridized carbons (Fsp3) is 0.276. The lowest BCUT2D eigenvalue weighted by atomic mass is 9.97. The predicted octanol–water partition coefficient (Wildman–Crippen LogP) is 5.10. The standard InChI is InChI=1S/C29H28N6O/c1-19-12-14-22(15-13-19)18-30-35-27-25(26-28(35)33-24-11-7-6-10-23(24)32-26)29(36)34(20(2)31-27)17-16-21-8-4-3-5-9-21/h6-8,10-15,18H,3-5,9,16-17H2,1-2H3/p+1. The zero-order valence-corrected chi connectivity index (χ0v) is 20.7. The minimum absolute atomic E-state index is 0.0588. The maximum absolute atomic E-state index is 13.9. The Balaban J connectivity index is 1.55. The summed E-state index contributed by atoms with van der Waals surface area (Å²) < 4.78 is 3.55. The third kappa shape index (κ3) is 4.00. The van der Waals surface area contributed by atoms with Crippen molar-refractivity contribution in [2.75, 3.05) is 0 Å². The van der Waals surface area contributed by atoms with E-state index < -0.39 is 0 Å². The highest BCUT2D eigenvalue weighted by atomic mass is 16.1. The molecule has 0 radical (unpaired) electrons. The van der Waals surface area contributed by atoms with Crippen molar-refractivity contribution in [2.45, 2.75) is 52.5 Å². The van der Waals surface area contributed by atoms with Crippen LogP contribution in [0.2, 0.25) is 0 Å². The van der Waals surface area contributed by atoms with Gasteiger partial charge >= 0.3 is 5.56 Å². The molecule has 0 unspecified atom stereocenters. The van der Waals surface area contributed by atoms with E-state index in [9.17, 15) is 4.79 Å². The van der Waals surface area contributed by atoms with Crippen LogP contribution in [0.3, 0.4) is 0 Å². The van der Waals surface area contributed by atoms with Crippen molar-refractivity contribution in [3.63, 3.8) is 0 Å². The molecule has 0 aliphatic heterocycles. The van der Waals surface area contributed by atoms with Crippen LogP contribution in [0.15, 0.2) is 70.1 Å². The smallest absolute Gasteiger partial charge is 0.250 e. The molecule has 1 aliphatic carbocycles. The summed E-state index contributed by atoms with van der Waals surface area (Å²) in [5.74, 6) is 0.794. The van der Waals surface area contributed by atoms with E-state index in [1.165, 1.54) is 24.0 Å². The number of fused-ring (bicyclic) bond motifs is 4. The van der Waals surface area contributed by atoms with Crippen LogP contribution in [0.4, 0.5) is 0 Å². The molecule has 1 aliphatic rings. The molecule has 2 aromatic carbocycles. The molecule has 6 rings (SSSR count). The average Bonchev–Trinajstić information content (AvgIpc) is 3.19. The first-order valence-corrected chi connectivity index (χ1v) is 12.6. The van der Waals surface area contributed by atoms with Gasteiger partial charge in [-0.1, -0.05) is 53.6 Å². The number of aryl methyl sites for hydroxylation is 2. The van der Waals surface area contributed by atoms with Gasteiger partial charge in [0, 0.05) is 6.92 Å². The second-order valence-electron chi connectivity index (χ2n) is 9.60. The number of rotatable bonds is 5. The van der Waals surface area contributed by atoms with Crippen LogP contribution in [-0.4, -0.2) is 25.4 Å². The molecule has 0 amide bonds. The largest absolute Gasteiger partial charge is 0.323 e. The monoisotopic (exact) mass is 477 g/mol. The first kappa shape index (κ1) is 22.3. The molecule has 3 aromatic heterocycles. The van der Waals surface area contributed by atoms with Gasteiger partial charge in [0.15, 0.2) is 5.39 Å². The van der Waals surface area contributed by atoms with Crippen LogP contribution in [0.1, 0.15) is 49.1 Å². The Bertz CT molecular complexity index is 1720. The second kappa shape index (κ2) is 9.15. The van der Waals surface area contributed by atoms with E-state index >= 15 is 0 Å². The number of aromatic amines is 1. The molecule has 0 atom stereocenters. The van der Waals surface area contributed by atoms with E-state index in [-0.39, 0.29) is 5.56 Å². The molecule has 0 saturated heterocycles. The fourth-order valence-electron chi connectivity index (χ4n) is 5.02. The Labute approximate surface area is 208 Å². The summed E-state index contributed by atoms with van der Waals surface area (Å²) in [6.07, 6.45) is 9.79. The topological polar surface area (TPSA) is 79.2 Å². The highest BCUT2D eigenvalue weighted by Gasteiger charge is 2.26. The predicted molar refractivity (Wildman–Crippen MR) is 143 cm³/mol. The molecule has 3 heterocycles. The molecule has 0 saturated carbocycles. The number of benzene rings is 2. The van der Waals surface area contributed by atoms with Gasteiger partial charge in [0.25, 0.3) is 5.65 Å². The molecular formula is C29H29N6O+. The van der Waals surface area contributed by atoms with Crippen molar-refractivity contribution in [3.05, 3.63) is 87.5 Å². The molecule has 7 nitrogen and oxygen atoms in total. The summed E-state index contributed by atoms with van der Waals surface area (Å²) in [5.41, 5.74) is 6.81. The Morgan fingerprint density at radius 2 is 1.81 bits per heavy atom. The molecule has 1 N–H and O–H groups in total. The van der Waals surface area contributed by atoms with Crippen LogP contribution in [-0.2, 0) is 6.54 Å². The minimum Gasteiger partial charge on any atom is -0.250 e. The van der Waals surface area contributed by atoms with Gasteiger partial charge in [0.05, 0.1) is 23.8 Å². The molecule has 0 bridgehead atoms. The molecule has 5 aromatic rings. The zero-order chi connectivity index (χ0) is 24.6. The van der Waals surface area contributed by atoms with Crippen molar-refractivity contribution in [3.8, 4) is 0 Å². The summed E-state index contributed by atoms with van der Waals surface area (Å²) in [5, 5.41) is 5.28. The van der Waals surface area contributed by atoms with Gasteiger partial charge in [0.1, 0.15) is 5.52 Å². The Morgan fingerprint density at radius 1 is 1.03 bits per heavy atom. The summed E-state index contributed by atoms with van der Waals surface area (Å²) >= 11 is 0. The first-order valence-electron chi connectivity index (χ1n) is 12.6. The third-order valence-electron chi connectivity index (χ3n) is 7.04. The Hall–Kier alpha value is -4.13. The number of hydrogen-bond acceptors (Lipinski definition) is 4. The number of allylic oxidation sites excluding steroid dienone is 2. The van der Waals surface area contributed by atoms with Crippen LogP contribution in [0.25, 0.3) is 33.2 Å². The third-order valence-corrected chi connectivity index (χ3v) is 7.04. The van der Waals surface area contributed by atoms with Crippen LogP contribution >= 0.6 is 0 Å². The highest BCUT2D eigenvalue weighted by molar-refractivity contribution is 6.03. The number of nitrogens with zero attached hydrogens (tertiary/aromatic N) is 5. The van der Waals surface area contributed by atoms with Crippen LogP contribution in [0.5, 0.6) is 0 Å². The first-order chi connectivity index (χ1) is 17.6. The van der Waals surface area contributed by atoms with Gasteiger partial charge < -0.3 is 0 Å². The summed E-state index contributed by atoms with van der Waals surface area (Å²) in [4.78, 5) is 27.1. The van der Waals surface area contributed by atoms with Crippen LogP contribution < -0.4 is 10.5 Å². The number of hydrogen-bond donors (Lipinski definition) is 0. The van der Waals surface area contributed by atoms with E-state index in [1.807, 2.05) is 47.9 Å². The number of nitrogens with one attached hydrogen (secondary N) is 1. The number of aromatic nitrogens is 5. The van der Waals surface area contributed by atoms with Gasteiger partial charge in [-0.15, -0.1) is 9.78 Å². The lowest BCUT2D eigenvalue weighted by Crippen LogP contribution is -2.31. The van der Waals surface area contributed by atoms with Gasteiger partial charge in [-0.25, -0.2) is 24.3 Å². The maximum atomic E-state index is 13.9. The van der Waals surface area contributed by atoms with E-state index in [2.05, 4.69) is 30.1 Å². The van der Waals surface area contributed by atoms with Gasteiger partial charge in [-0.3, -0.25) is 0 Å². The van der Waals surface area contributed by atoms with Crippen molar-refractivity contribution < 1.29 is 4.98 Å². The van der Waals surface area contributed by atoms with Gasteiger partial charge in [0.2, 0.25) is 11.5 Å². The highest BCUT2D eigenvalue weighted by Crippen LogP contribution is 2.25. The van der Waals surface area contributed by atoms with E-state index in [0.717, 1.165) is 41.7 Å². The van der Waals surface area contributed by atoms with Crippen molar-refractivity contribution in [1.29, 1.82) is 0 Å². The Morgan fingerprint density at radius 3 is 2.56 bits per heavy atom. The molecule has 7 heteroatoms. The molecule has 180 valence electrons. The van der Waals surface area contributed by atoms with E-state index in [4.69, 9.17) is 15.1 Å². The summed E-state index contributed by atoms with van der Waals surface area (Å²) in [6.45, 7) is 4.64. The molecule has 0 fully saturated rings. The molecule has 0 spiro atoms. The van der Waals surface area contributed by atoms with Crippen molar-refractivity contribution >= 4 is 39.4 Å². The van der Waals surface area contributed by atoms with Gasteiger partial charge in [-0.2, -0.15) is 0 Å². The van der Waals surface area contributed by atoms with Crippen molar-refractivity contribution in [2.24, 2.45) is 5.10 Å². The van der Waals surface area contributed by atoms with E-state index in [1.54, 1.807) is 10.9 Å². The molecular weight excluding hydrogens is 448 g/mol. The number of H-pyrrole nitrogens is 1. The van der Waals surface area contributed by atoms with Gasteiger partial charge in [-0.05, 0) is 56.7 Å². The normalized spacial score (nSPS) is 14.3. The lowest BCUT2D eigenvalue weighted by molar-refractivity contribution is -0.368. The van der Waals surface area contributed by atoms with Crippen LogP contribution in [0, 0.1) is 13.8 Å². The maximum Gasteiger partial charge on any atom is 0.323 e. The average molecular weight is 478 g/mol. The van der Waals surface area contributed by atoms with Crippen molar-refractivity contribution in [1.82, 2.24) is 19.2 Å². The summed E-state index contributed by atoms with van der Waals surface area (Å²) in [7, 11) is 0. The number of para-hydroxylation sites is 2. The SMILES string of the molecule is Cc1ccc(C=Nn2c3nc4ccccc4nc3c3c(=O)n(CCC4=CCCCC4)c(C)[nH+]c32)cc1.